The van der Waals surface area contributed by atoms with Crippen molar-refractivity contribution < 1.29 is 4.79 Å². The number of carbonyl (C=O) groups is 1. The van der Waals surface area contributed by atoms with Gasteiger partial charge in [0, 0.05) is 38.0 Å². The van der Waals surface area contributed by atoms with Crippen LogP contribution in [-0.4, -0.2) is 76.7 Å². The molecule has 3 heterocycles. The number of rotatable bonds is 2. The Morgan fingerprint density at radius 2 is 1.92 bits per heavy atom. The number of piperazine rings is 2. The minimum Gasteiger partial charge on any atom is -0.315 e. The maximum absolute atomic E-state index is 13.0. The Kier molecular flexibility index (Phi) is 4.88. The molecule has 7 heteroatoms. The molecule has 0 aromatic carbocycles. The van der Waals surface area contributed by atoms with Gasteiger partial charge in [0.05, 0.1) is 6.54 Å². The van der Waals surface area contributed by atoms with E-state index in [9.17, 15) is 4.79 Å². The average molecular weight is 350 g/mol. The molecule has 6 nitrogen and oxygen atoms in total. The van der Waals surface area contributed by atoms with Crippen LogP contribution in [0.5, 0.6) is 0 Å². The van der Waals surface area contributed by atoms with Gasteiger partial charge in [-0.15, -0.1) is 11.8 Å². The number of carbonyl (C=O) groups excluding carboxylic acids is 1. The second-order valence-electron chi connectivity index (χ2n) is 7.46. The van der Waals surface area contributed by atoms with Crippen molar-refractivity contribution in [2.24, 2.45) is 5.92 Å². The van der Waals surface area contributed by atoms with Crippen LogP contribution in [0.1, 0.15) is 32.1 Å². The average Bonchev–Trinajstić information content (AvgIpc) is 3.12. The number of hydrogen-bond acceptors (Lipinski definition) is 6. The second kappa shape index (κ2) is 7.11. The molecule has 0 radical (unpaired) electrons. The third-order valence-corrected chi connectivity index (χ3v) is 7.67. The molecule has 132 valence electrons. The van der Waals surface area contributed by atoms with Gasteiger partial charge in [0.2, 0.25) is 5.91 Å². The first-order chi connectivity index (χ1) is 11.8. The summed E-state index contributed by atoms with van der Waals surface area (Å²) in [5, 5.41) is 13.4. The first-order valence-electron chi connectivity index (χ1n) is 9.34. The highest BCUT2D eigenvalue weighted by Crippen LogP contribution is 2.38. The van der Waals surface area contributed by atoms with E-state index in [1.165, 1.54) is 32.1 Å². The van der Waals surface area contributed by atoms with Crippen LogP contribution in [0.3, 0.4) is 0 Å². The SMILES string of the molecule is N#CN1CCN2CCN(C3NCC(C4CCCCC4)S3)C(=O)[C@@H]2C1. The van der Waals surface area contributed by atoms with Gasteiger partial charge in [0.15, 0.2) is 6.19 Å². The molecule has 3 atom stereocenters. The fourth-order valence-electron chi connectivity index (χ4n) is 4.63. The maximum Gasteiger partial charge on any atom is 0.243 e. The highest BCUT2D eigenvalue weighted by Gasteiger charge is 2.43. The smallest absolute Gasteiger partial charge is 0.243 e. The zero-order valence-electron chi connectivity index (χ0n) is 14.2. The quantitative estimate of drug-likeness (QED) is 0.746. The number of nitriles is 1. The Morgan fingerprint density at radius 3 is 2.71 bits per heavy atom. The van der Waals surface area contributed by atoms with E-state index in [1.54, 1.807) is 4.90 Å². The van der Waals surface area contributed by atoms with Crippen LogP contribution in [0.15, 0.2) is 0 Å². The molecule has 24 heavy (non-hydrogen) atoms. The summed E-state index contributed by atoms with van der Waals surface area (Å²) >= 11 is 1.97. The number of amides is 1. The normalized spacial score (nSPS) is 35.8. The van der Waals surface area contributed by atoms with Crippen LogP contribution >= 0.6 is 11.8 Å². The van der Waals surface area contributed by atoms with Crippen molar-refractivity contribution in [1.29, 1.82) is 5.26 Å². The number of nitrogens with zero attached hydrogens (tertiary/aromatic N) is 4. The number of hydrogen-bond donors (Lipinski definition) is 1. The van der Waals surface area contributed by atoms with Crippen molar-refractivity contribution in [1.82, 2.24) is 20.0 Å². The van der Waals surface area contributed by atoms with Gasteiger partial charge in [-0.1, -0.05) is 19.3 Å². The van der Waals surface area contributed by atoms with Gasteiger partial charge in [0.25, 0.3) is 0 Å². The van der Waals surface area contributed by atoms with Crippen LogP contribution in [0.25, 0.3) is 0 Å². The predicted molar refractivity (Wildman–Crippen MR) is 94.0 cm³/mol. The van der Waals surface area contributed by atoms with Gasteiger partial charge in [-0.25, -0.2) is 0 Å². The molecule has 4 fully saturated rings. The Balaban J connectivity index is 1.38. The monoisotopic (exact) mass is 349 g/mol. The van der Waals surface area contributed by atoms with E-state index in [4.69, 9.17) is 5.26 Å². The van der Waals surface area contributed by atoms with E-state index >= 15 is 0 Å². The molecule has 1 saturated carbocycles. The van der Waals surface area contributed by atoms with E-state index in [1.807, 2.05) is 16.7 Å². The molecule has 0 aromatic rings. The predicted octanol–water partition coefficient (Wildman–Crippen LogP) is 0.865. The van der Waals surface area contributed by atoms with Crippen molar-refractivity contribution in [2.45, 2.75) is 48.9 Å². The summed E-state index contributed by atoms with van der Waals surface area (Å²) in [7, 11) is 0. The highest BCUT2D eigenvalue weighted by atomic mass is 32.2. The van der Waals surface area contributed by atoms with Crippen LogP contribution < -0.4 is 5.32 Å². The van der Waals surface area contributed by atoms with Crippen molar-refractivity contribution >= 4 is 17.7 Å². The third kappa shape index (κ3) is 3.12. The van der Waals surface area contributed by atoms with Crippen molar-refractivity contribution in [3.05, 3.63) is 0 Å². The van der Waals surface area contributed by atoms with E-state index < -0.39 is 0 Å². The fraction of sp³-hybridized carbons (Fsp3) is 0.882. The Labute approximate surface area is 148 Å². The molecule has 2 unspecified atom stereocenters. The van der Waals surface area contributed by atoms with Crippen LogP contribution in [-0.2, 0) is 4.79 Å². The zero-order valence-corrected chi connectivity index (χ0v) is 15.0. The molecule has 4 rings (SSSR count). The Hall–Kier alpha value is -0.970. The molecule has 4 aliphatic rings. The maximum atomic E-state index is 13.0. The summed E-state index contributed by atoms with van der Waals surface area (Å²) in [5.74, 6) is 1.02. The van der Waals surface area contributed by atoms with Gasteiger partial charge >= 0.3 is 0 Å². The molecule has 0 spiro atoms. The number of nitrogens with one attached hydrogen (secondary N) is 1. The summed E-state index contributed by atoms with van der Waals surface area (Å²) in [6.45, 7) is 4.90. The summed E-state index contributed by atoms with van der Waals surface area (Å²) < 4.78 is 0. The summed E-state index contributed by atoms with van der Waals surface area (Å²) in [5.41, 5.74) is 0.129. The fourth-order valence-corrected chi connectivity index (χ4v) is 6.20. The molecule has 1 aliphatic carbocycles. The lowest BCUT2D eigenvalue weighted by atomic mass is 9.87. The Bertz CT molecular complexity index is 518. The number of thioether (sulfide) groups is 1. The summed E-state index contributed by atoms with van der Waals surface area (Å²) in [6, 6.07) is -0.136. The van der Waals surface area contributed by atoms with Crippen LogP contribution in [0.4, 0.5) is 0 Å². The molecular weight excluding hydrogens is 322 g/mol. The summed E-state index contributed by atoms with van der Waals surface area (Å²) in [4.78, 5) is 19.0. The molecule has 0 aromatic heterocycles. The molecular formula is C17H27N5OS. The van der Waals surface area contributed by atoms with Crippen molar-refractivity contribution in [3.8, 4) is 6.19 Å². The highest BCUT2D eigenvalue weighted by molar-refractivity contribution is 8.00. The van der Waals surface area contributed by atoms with Gasteiger partial charge in [-0.2, -0.15) is 5.26 Å². The number of fused-ring (bicyclic) bond motifs is 1. The third-order valence-electron chi connectivity index (χ3n) is 6.08. The standard InChI is InChI=1S/C17H27N5OS/c18-12-20-6-7-21-8-9-22(16(23)14(21)11-20)17-19-10-15(24-17)13-4-2-1-3-5-13/h13-15,17,19H,1-11H2/t14-,15?,17?/m0/s1. The largest absolute Gasteiger partial charge is 0.315 e. The lowest BCUT2D eigenvalue weighted by molar-refractivity contribution is -0.145. The van der Waals surface area contributed by atoms with E-state index in [2.05, 4.69) is 16.4 Å². The molecule has 0 bridgehead atoms. The first-order valence-corrected chi connectivity index (χ1v) is 10.3. The minimum absolute atomic E-state index is 0.129. The van der Waals surface area contributed by atoms with E-state index in [0.717, 1.165) is 38.6 Å². The topological polar surface area (TPSA) is 62.6 Å². The van der Waals surface area contributed by atoms with E-state index in [-0.39, 0.29) is 17.4 Å². The van der Waals surface area contributed by atoms with Crippen molar-refractivity contribution in [3.63, 3.8) is 0 Å². The van der Waals surface area contributed by atoms with Gasteiger partial charge in [-0.05, 0) is 18.8 Å². The van der Waals surface area contributed by atoms with Crippen LogP contribution in [0, 0.1) is 17.4 Å². The molecule has 3 aliphatic heterocycles. The Morgan fingerprint density at radius 1 is 1.12 bits per heavy atom. The second-order valence-corrected chi connectivity index (χ2v) is 8.79. The lowest BCUT2D eigenvalue weighted by Gasteiger charge is -2.46. The van der Waals surface area contributed by atoms with Crippen LogP contribution in [0.2, 0.25) is 0 Å². The van der Waals surface area contributed by atoms with Crippen molar-refractivity contribution in [2.75, 3.05) is 39.3 Å². The van der Waals surface area contributed by atoms with Gasteiger partial charge < -0.3 is 9.80 Å². The summed E-state index contributed by atoms with van der Waals surface area (Å²) in [6.07, 6.45) is 9.05. The molecule has 3 saturated heterocycles. The van der Waals surface area contributed by atoms with Gasteiger partial charge in [-0.3, -0.25) is 15.0 Å². The zero-order chi connectivity index (χ0) is 16.5. The molecule has 1 amide bonds. The molecule has 1 N–H and O–H groups in total. The lowest BCUT2D eigenvalue weighted by Crippen LogP contribution is -2.66. The minimum atomic E-state index is -0.136. The van der Waals surface area contributed by atoms with E-state index in [0.29, 0.717) is 11.8 Å². The first kappa shape index (κ1) is 16.5. The van der Waals surface area contributed by atoms with Gasteiger partial charge in [0.1, 0.15) is 11.5 Å².